The molecule has 8 nitrogen and oxygen atoms in total. The Balaban J connectivity index is 1.61. The number of benzene rings is 2. The van der Waals surface area contributed by atoms with Gasteiger partial charge in [0.15, 0.2) is 11.5 Å². The van der Waals surface area contributed by atoms with E-state index in [-0.39, 0.29) is 18.2 Å². The van der Waals surface area contributed by atoms with E-state index in [1.165, 1.54) is 0 Å². The predicted octanol–water partition coefficient (Wildman–Crippen LogP) is 4.36. The Morgan fingerprint density at radius 3 is 2.66 bits per heavy atom. The third-order valence-corrected chi connectivity index (χ3v) is 5.93. The molecule has 1 aromatic heterocycles. The minimum absolute atomic E-state index is 0.0583. The maximum Gasteiger partial charge on any atom is 0.251 e. The van der Waals surface area contributed by atoms with Crippen molar-refractivity contribution in [2.24, 2.45) is 0 Å². The standard InChI is InChI=1S/C23H23ClN4O4/c1-12-15(24)6-5-7-16(12)25-20(29)11-17-23(30)26-22-21(13(2)27-28(17)22)14-8-9-18(31-3)19(10-14)32-4/h5-10,17H,11H2,1-4H3,(H,25,29)(H,26,30). The fourth-order valence-electron chi connectivity index (χ4n) is 3.84. The number of methoxy groups -OCH3 is 2. The summed E-state index contributed by atoms with van der Waals surface area (Å²) in [6, 6.07) is 10.0. The van der Waals surface area contributed by atoms with E-state index in [0.29, 0.717) is 28.0 Å². The molecule has 1 atom stereocenters. The van der Waals surface area contributed by atoms with Crippen LogP contribution in [0.2, 0.25) is 5.02 Å². The summed E-state index contributed by atoms with van der Waals surface area (Å²) in [6.07, 6.45) is -0.0583. The lowest BCUT2D eigenvalue weighted by atomic mass is 10.1. The van der Waals surface area contributed by atoms with Crippen LogP contribution in [0.1, 0.15) is 23.7 Å². The van der Waals surface area contributed by atoms with E-state index in [1.807, 2.05) is 26.0 Å². The smallest absolute Gasteiger partial charge is 0.251 e. The number of aryl methyl sites for hydroxylation is 1. The summed E-state index contributed by atoms with van der Waals surface area (Å²) in [4.78, 5) is 25.4. The van der Waals surface area contributed by atoms with Gasteiger partial charge in [-0.15, -0.1) is 0 Å². The van der Waals surface area contributed by atoms with Crippen LogP contribution in [0.15, 0.2) is 36.4 Å². The molecule has 2 heterocycles. The lowest BCUT2D eigenvalue weighted by Crippen LogP contribution is -2.24. The normalized spacial score (nSPS) is 14.7. The molecule has 3 aromatic rings. The fraction of sp³-hybridized carbons (Fsp3) is 0.261. The first-order chi connectivity index (χ1) is 15.3. The average Bonchev–Trinajstić information content (AvgIpc) is 3.24. The highest BCUT2D eigenvalue weighted by Gasteiger charge is 2.36. The molecule has 2 N–H and O–H groups in total. The van der Waals surface area contributed by atoms with Crippen molar-refractivity contribution in [3.8, 4) is 22.6 Å². The number of nitrogens with one attached hydrogen (secondary N) is 2. The van der Waals surface area contributed by atoms with E-state index in [0.717, 1.165) is 22.4 Å². The number of ether oxygens (including phenoxy) is 2. The summed E-state index contributed by atoms with van der Waals surface area (Å²) in [6.45, 7) is 3.68. The molecule has 0 saturated heterocycles. The highest BCUT2D eigenvalue weighted by atomic mass is 35.5. The third kappa shape index (κ3) is 3.78. The average molecular weight is 455 g/mol. The SMILES string of the molecule is COc1ccc(-c2c(C)nn3c2NC(=O)C3CC(=O)Nc2cccc(Cl)c2C)cc1OC. The lowest BCUT2D eigenvalue weighted by Gasteiger charge is -2.12. The molecule has 4 rings (SSSR count). The van der Waals surface area contributed by atoms with E-state index in [4.69, 9.17) is 21.1 Å². The Morgan fingerprint density at radius 2 is 1.94 bits per heavy atom. The van der Waals surface area contributed by atoms with Gasteiger partial charge in [0.2, 0.25) is 5.91 Å². The Bertz CT molecular complexity index is 1220. The molecule has 1 unspecified atom stereocenters. The predicted molar refractivity (Wildman–Crippen MR) is 123 cm³/mol. The summed E-state index contributed by atoms with van der Waals surface area (Å²) in [5, 5.41) is 10.8. The van der Waals surface area contributed by atoms with Crippen LogP contribution in [0.4, 0.5) is 11.5 Å². The number of hydrogen-bond donors (Lipinski definition) is 2. The Labute approximate surface area is 190 Å². The van der Waals surface area contributed by atoms with Crippen LogP contribution in [0.3, 0.4) is 0 Å². The Kier molecular flexibility index (Phi) is 5.80. The summed E-state index contributed by atoms with van der Waals surface area (Å²) in [5.41, 5.74) is 3.70. The summed E-state index contributed by atoms with van der Waals surface area (Å²) in [7, 11) is 3.14. The topological polar surface area (TPSA) is 94.5 Å². The highest BCUT2D eigenvalue weighted by molar-refractivity contribution is 6.31. The molecule has 166 valence electrons. The van der Waals surface area contributed by atoms with Gasteiger partial charge in [0.05, 0.1) is 26.3 Å². The van der Waals surface area contributed by atoms with Crippen molar-refractivity contribution >= 4 is 34.9 Å². The zero-order valence-corrected chi connectivity index (χ0v) is 18.9. The molecular weight excluding hydrogens is 432 g/mol. The third-order valence-electron chi connectivity index (χ3n) is 5.52. The first kappa shape index (κ1) is 21.7. The van der Waals surface area contributed by atoms with Crippen molar-refractivity contribution in [1.82, 2.24) is 9.78 Å². The second-order valence-corrected chi connectivity index (χ2v) is 7.90. The van der Waals surface area contributed by atoms with E-state index >= 15 is 0 Å². The van der Waals surface area contributed by atoms with Crippen molar-refractivity contribution in [2.75, 3.05) is 24.9 Å². The van der Waals surface area contributed by atoms with E-state index in [9.17, 15) is 9.59 Å². The van der Waals surface area contributed by atoms with Crippen LogP contribution in [0.5, 0.6) is 11.5 Å². The monoisotopic (exact) mass is 454 g/mol. The molecule has 2 aromatic carbocycles. The second-order valence-electron chi connectivity index (χ2n) is 7.49. The van der Waals surface area contributed by atoms with Crippen molar-refractivity contribution in [3.05, 3.63) is 52.7 Å². The van der Waals surface area contributed by atoms with Crippen LogP contribution >= 0.6 is 11.6 Å². The van der Waals surface area contributed by atoms with Crippen molar-refractivity contribution in [2.45, 2.75) is 26.3 Å². The molecule has 0 saturated carbocycles. The van der Waals surface area contributed by atoms with Gasteiger partial charge in [-0.2, -0.15) is 5.10 Å². The van der Waals surface area contributed by atoms with E-state index in [1.54, 1.807) is 43.2 Å². The van der Waals surface area contributed by atoms with Gasteiger partial charge in [-0.3, -0.25) is 9.59 Å². The van der Waals surface area contributed by atoms with Crippen molar-refractivity contribution < 1.29 is 19.1 Å². The number of aromatic nitrogens is 2. The molecule has 1 aliphatic rings. The largest absolute Gasteiger partial charge is 0.493 e. The molecule has 1 aliphatic heterocycles. The van der Waals surface area contributed by atoms with Gasteiger partial charge in [0.1, 0.15) is 11.9 Å². The Hall–Kier alpha value is -3.52. The lowest BCUT2D eigenvalue weighted by molar-refractivity contribution is -0.123. The van der Waals surface area contributed by atoms with Crippen molar-refractivity contribution in [1.29, 1.82) is 0 Å². The van der Waals surface area contributed by atoms with Crippen LogP contribution in [0.25, 0.3) is 11.1 Å². The highest BCUT2D eigenvalue weighted by Crippen LogP contribution is 2.41. The minimum atomic E-state index is -0.753. The van der Waals surface area contributed by atoms with Gasteiger partial charge in [0, 0.05) is 16.3 Å². The van der Waals surface area contributed by atoms with Gasteiger partial charge in [-0.25, -0.2) is 4.68 Å². The van der Waals surface area contributed by atoms with Gasteiger partial charge in [-0.1, -0.05) is 23.7 Å². The minimum Gasteiger partial charge on any atom is -0.493 e. The summed E-state index contributed by atoms with van der Waals surface area (Å²) >= 11 is 6.13. The summed E-state index contributed by atoms with van der Waals surface area (Å²) in [5.74, 6) is 1.14. The number of nitrogens with zero attached hydrogens (tertiary/aromatic N) is 2. The van der Waals surface area contributed by atoms with Crippen molar-refractivity contribution in [3.63, 3.8) is 0 Å². The number of anilines is 2. The number of carbonyl (C=O) groups excluding carboxylic acids is 2. The first-order valence-corrected chi connectivity index (χ1v) is 10.4. The number of fused-ring (bicyclic) bond motifs is 1. The number of halogens is 1. The zero-order valence-electron chi connectivity index (χ0n) is 18.2. The van der Waals surface area contributed by atoms with Crippen LogP contribution in [-0.4, -0.2) is 35.8 Å². The zero-order chi connectivity index (χ0) is 23.0. The molecule has 0 spiro atoms. The molecule has 0 aliphatic carbocycles. The second kappa shape index (κ2) is 8.55. The molecular formula is C23H23ClN4O4. The van der Waals surface area contributed by atoms with Gasteiger partial charge >= 0.3 is 0 Å². The first-order valence-electron chi connectivity index (χ1n) is 10.0. The molecule has 32 heavy (non-hydrogen) atoms. The quantitative estimate of drug-likeness (QED) is 0.577. The number of amides is 2. The maximum absolute atomic E-state index is 12.7. The summed E-state index contributed by atoms with van der Waals surface area (Å²) < 4.78 is 12.3. The number of rotatable bonds is 6. The number of hydrogen-bond acceptors (Lipinski definition) is 5. The van der Waals surface area contributed by atoms with Gasteiger partial charge in [-0.05, 0) is 49.2 Å². The molecule has 0 radical (unpaired) electrons. The number of carbonyl (C=O) groups is 2. The fourth-order valence-corrected chi connectivity index (χ4v) is 4.01. The maximum atomic E-state index is 12.7. The van der Waals surface area contributed by atoms with E-state index in [2.05, 4.69) is 15.7 Å². The molecule has 9 heteroatoms. The molecule has 2 amide bonds. The molecule has 0 bridgehead atoms. The van der Waals surface area contributed by atoms with Crippen LogP contribution in [-0.2, 0) is 9.59 Å². The van der Waals surface area contributed by atoms with Gasteiger partial charge < -0.3 is 20.1 Å². The Morgan fingerprint density at radius 1 is 1.19 bits per heavy atom. The van der Waals surface area contributed by atoms with Crippen LogP contribution in [0, 0.1) is 13.8 Å². The van der Waals surface area contributed by atoms with Gasteiger partial charge in [0.25, 0.3) is 5.91 Å². The molecule has 0 fully saturated rings. The van der Waals surface area contributed by atoms with Crippen LogP contribution < -0.4 is 20.1 Å². The van der Waals surface area contributed by atoms with E-state index < -0.39 is 6.04 Å².